The number of rotatable bonds is 1. The summed E-state index contributed by atoms with van der Waals surface area (Å²) in [4.78, 5) is 0. The number of hydrogen-bond acceptors (Lipinski definition) is 3. The van der Waals surface area contributed by atoms with Gasteiger partial charge in [-0.2, -0.15) is 0 Å². The van der Waals surface area contributed by atoms with E-state index in [-0.39, 0.29) is 36.0 Å². The number of aromatic amines is 1. The Kier molecular flexibility index (Phi) is 17.8. The summed E-state index contributed by atoms with van der Waals surface area (Å²) in [6.45, 7) is 1.70. The monoisotopic (exact) mass is 314 g/mol. The summed E-state index contributed by atoms with van der Waals surface area (Å²) in [6, 6.07) is -0.356. The van der Waals surface area contributed by atoms with Crippen LogP contribution in [-0.4, -0.2) is 20.6 Å². The molecule has 2 N–H and O–H groups in total. The predicted octanol–water partition coefficient (Wildman–Crippen LogP) is 2.59. The summed E-state index contributed by atoms with van der Waals surface area (Å²) < 4.78 is 0. The Labute approximate surface area is 94.4 Å². The van der Waals surface area contributed by atoms with E-state index in [0.29, 0.717) is 5.82 Å². The molecule has 8 heteroatoms. The third kappa shape index (κ3) is 10.2. The predicted molar refractivity (Wildman–Crippen MR) is 51.4 cm³/mol. The minimum atomic E-state index is -0.356. The van der Waals surface area contributed by atoms with Crippen LogP contribution in [0, 0.1) is 14.9 Å². The number of tetrazole rings is 1. The zero-order chi connectivity index (χ0) is 8.69. The topological polar surface area (TPSA) is 78.3 Å². The Morgan fingerprint density at radius 3 is 2.08 bits per heavy atom. The fourth-order valence-electron chi connectivity index (χ4n) is 0.350. The second kappa shape index (κ2) is 12.2. The molecule has 0 aliphatic rings. The second-order valence-corrected chi connectivity index (χ2v) is 4.20. The van der Waals surface area contributed by atoms with Gasteiger partial charge >= 0.3 is 34.5 Å². The van der Waals surface area contributed by atoms with Crippen LogP contribution in [-0.2, 0) is 15.1 Å². The zero-order valence-electron chi connectivity index (χ0n) is 7.53. The maximum absolute atomic E-state index is 7.06. The number of halogens is 2. The van der Waals surface area contributed by atoms with E-state index in [1.54, 1.807) is 6.92 Å². The quantitative estimate of drug-likeness (QED) is 0.639. The van der Waals surface area contributed by atoms with Crippen molar-refractivity contribution in [1.29, 1.82) is 0 Å². The van der Waals surface area contributed by atoms with Gasteiger partial charge in [-0.05, 0) is 10.4 Å². The van der Waals surface area contributed by atoms with Crippen LogP contribution in [0.1, 0.15) is 18.8 Å². The van der Waals surface area contributed by atoms with Crippen molar-refractivity contribution in [2.45, 2.75) is 13.0 Å². The molecule has 0 spiro atoms. The third-order valence-electron chi connectivity index (χ3n) is 0.772. The van der Waals surface area contributed by atoms with Crippen molar-refractivity contribution >= 4 is 19.4 Å². The van der Waals surface area contributed by atoms with Gasteiger partial charge in [0.25, 0.3) is 0 Å². The number of nitrogens with zero attached hydrogens (tertiary/aromatic N) is 3. The van der Waals surface area contributed by atoms with Crippen LogP contribution in [0.15, 0.2) is 0 Å². The molecular weight excluding hydrogens is 302 g/mol. The molecule has 0 fully saturated rings. The molecule has 13 heavy (non-hydrogen) atoms. The van der Waals surface area contributed by atoms with Crippen molar-refractivity contribution in [3.63, 3.8) is 0 Å². The molecule has 0 saturated heterocycles. The number of aromatic nitrogens is 4. The van der Waals surface area contributed by atoms with Gasteiger partial charge in [-0.15, -0.1) is 5.10 Å². The Morgan fingerprint density at radius 2 is 1.92 bits per heavy atom. The molecule has 1 aromatic rings. The van der Waals surface area contributed by atoms with E-state index in [1.165, 1.54) is 0 Å². The number of H-pyrrole nitrogens is 1. The molecule has 0 saturated carbocycles. The van der Waals surface area contributed by atoms with Crippen molar-refractivity contribution < 1.29 is 15.1 Å². The summed E-state index contributed by atoms with van der Waals surface area (Å²) in [5.74, 6) is 0.505. The van der Waals surface area contributed by atoms with Crippen LogP contribution >= 0.6 is 19.4 Å². The first-order chi connectivity index (χ1) is 5.22. The first-order valence-electron chi connectivity index (χ1n) is 2.52. The van der Waals surface area contributed by atoms with E-state index in [9.17, 15) is 0 Å². The average molecular weight is 314 g/mol. The SMILES string of the molecule is C[C@H]([NH-])c1nnn[nH]1.[CH3-].[CH3-].[Cl][Ru][Cl]. The molecule has 0 aromatic carbocycles. The number of hydrogen-bond donors (Lipinski definition) is 1. The molecule has 5 nitrogen and oxygen atoms in total. The van der Waals surface area contributed by atoms with Crippen molar-refractivity contribution in [3.8, 4) is 0 Å². The first kappa shape index (κ1) is 18.9. The normalized spacial score (nSPS) is 10.2. The molecule has 0 bridgehead atoms. The van der Waals surface area contributed by atoms with Gasteiger partial charge in [0.1, 0.15) is 5.82 Å². The Bertz CT molecular complexity index is 169. The van der Waals surface area contributed by atoms with Gasteiger partial charge in [-0.25, -0.2) is 5.10 Å². The van der Waals surface area contributed by atoms with E-state index in [4.69, 9.17) is 25.1 Å². The number of nitrogens with one attached hydrogen (secondary N) is 2. The van der Waals surface area contributed by atoms with Crippen molar-refractivity contribution in [2.24, 2.45) is 0 Å². The molecule has 0 unspecified atom stereocenters. The van der Waals surface area contributed by atoms with Crippen LogP contribution in [0.3, 0.4) is 0 Å². The summed E-state index contributed by atoms with van der Waals surface area (Å²) in [6.07, 6.45) is 0. The maximum atomic E-state index is 7.06. The van der Waals surface area contributed by atoms with Gasteiger partial charge in [0.2, 0.25) is 0 Å². The van der Waals surface area contributed by atoms with E-state index >= 15 is 0 Å². The van der Waals surface area contributed by atoms with Gasteiger partial charge in [-0.3, -0.25) is 0 Å². The van der Waals surface area contributed by atoms with Crippen LogP contribution in [0.5, 0.6) is 0 Å². The molecule has 0 aliphatic carbocycles. The second-order valence-electron chi connectivity index (χ2n) is 1.56. The Balaban J connectivity index is -0.000000180. The fourth-order valence-corrected chi connectivity index (χ4v) is 0.350. The molecule has 1 heterocycles. The minimum absolute atomic E-state index is 0. The summed E-state index contributed by atoms with van der Waals surface area (Å²) in [7, 11) is 9.71. The Hall–Kier alpha value is 0.233. The van der Waals surface area contributed by atoms with E-state index in [2.05, 4.69) is 20.6 Å². The van der Waals surface area contributed by atoms with E-state index < -0.39 is 0 Å². The Morgan fingerprint density at radius 1 is 1.46 bits per heavy atom. The molecule has 0 aliphatic heterocycles. The van der Waals surface area contributed by atoms with Gasteiger partial charge in [-0.1, -0.05) is 13.0 Å². The standard InChI is InChI=1S/C3H6N5.2CH3.2ClH.Ru/c1-2(4)3-5-7-8-6-3;;;;;/h2,4H,1H3,(H,5,6,7,8);2*1H3;2*1H;/q3*-1;;;+2/p-2/t2-;;;;;/m0...../s1. The van der Waals surface area contributed by atoms with Gasteiger partial charge < -0.3 is 20.6 Å². The van der Waals surface area contributed by atoms with Crippen LogP contribution in [0.4, 0.5) is 0 Å². The third-order valence-corrected chi connectivity index (χ3v) is 0.772. The van der Waals surface area contributed by atoms with Crippen LogP contribution in [0.2, 0.25) is 0 Å². The van der Waals surface area contributed by atoms with Gasteiger partial charge in [0, 0.05) is 0 Å². The summed E-state index contributed by atoms with van der Waals surface area (Å²) in [5, 5.41) is 12.6. The summed E-state index contributed by atoms with van der Waals surface area (Å²) in [5.41, 5.74) is 7.06. The summed E-state index contributed by atoms with van der Waals surface area (Å²) >= 11 is -0.346. The zero-order valence-corrected chi connectivity index (χ0v) is 10.8. The van der Waals surface area contributed by atoms with E-state index in [1.807, 2.05) is 0 Å². The molecule has 0 amide bonds. The van der Waals surface area contributed by atoms with Gasteiger partial charge in [0.15, 0.2) is 0 Å². The van der Waals surface area contributed by atoms with Crippen molar-refractivity contribution in [3.05, 3.63) is 26.4 Å². The van der Waals surface area contributed by atoms with Crippen molar-refractivity contribution in [1.82, 2.24) is 20.6 Å². The molecule has 1 aromatic heterocycles. The van der Waals surface area contributed by atoms with Gasteiger partial charge in [0.05, 0.1) is 0 Å². The molecule has 1 rings (SSSR count). The van der Waals surface area contributed by atoms with Crippen molar-refractivity contribution in [2.75, 3.05) is 0 Å². The van der Waals surface area contributed by atoms with Crippen LogP contribution in [0.25, 0.3) is 5.73 Å². The van der Waals surface area contributed by atoms with Crippen LogP contribution < -0.4 is 0 Å². The molecule has 1 atom stereocenters. The first-order valence-corrected chi connectivity index (χ1v) is 7.00. The fraction of sp³-hybridized carbons (Fsp3) is 0.400. The molecular formula is C5H12Cl2N5Ru-3. The molecule has 82 valence electrons. The van der Waals surface area contributed by atoms with E-state index in [0.717, 1.165) is 0 Å². The molecule has 0 radical (unpaired) electrons. The average Bonchev–Trinajstić information content (AvgIpc) is 2.38.